The molecule has 1 rings (SSSR count). The number of nitrogens with one attached hydrogen (secondary N) is 1. The van der Waals surface area contributed by atoms with Crippen LogP contribution in [-0.4, -0.2) is 87.6 Å². The van der Waals surface area contributed by atoms with Crippen LogP contribution < -0.4 is 5.23 Å². The Balaban J connectivity index is 2.59. The van der Waals surface area contributed by atoms with Gasteiger partial charge >= 0.3 is 5.24 Å². The molecule has 0 aromatic heterocycles. The molecule has 12 heteroatoms. The van der Waals surface area contributed by atoms with Crippen LogP contribution in [-0.2, 0) is 18.9 Å². The van der Waals surface area contributed by atoms with Crippen LogP contribution in [0.1, 0.15) is 0 Å². The first kappa shape index (κ1) is 24.8. The van der Waals surface area contributed by atoms with Crippen molar-refractivity contribution in [2.24, 2.45) is 0 Å². The summed E-state index contributed by atoms with van der Waals surface area (Å²) in [6, 6.07) is -0.556. The van der Waals surface area contributed by atoms with Gasteiger partial charge in [-0.3, -0.25) is 0 Å². The van der Waals surface area contributed by atoms with Crippen LogP contribution in [0.3, 0.4) is 0 Å². The maximum absolute atomic E-state index is 10.4. The van der Waals surface area contributed by atoms with Gasteiger partial charge < -0.3 is 34.4 Å². The average molecular weight is 454 g/mol. The largest absolute Gasteiger partial charge is 0.476 e. The van der Waals surface area contributed by atoms with Gasteiger partial charge in [-0.05, 0) is 12.2 Å². The van der Waals surface area contributed by atoms with Gasteiger partial charge in [0.1, 0.15) is 12.2 Å². The minimum Gasteiger partial charge on any atom is -0.476 e. The van der Waals surface area contributed by atoms with Crippen LogP contribution in [0.5, 0.6) is 0 Å². The van der Waals surface area contributed by atoms with E-state index in [0.717, 1.165) is 0 Å². The smallest absolute Gasteiger partial charge is 0.352 e. The van der Waals surface area contributed by atoms with Crippen molar-refractivity contribution in [2.75, 3.05) is 19.1 Å². The van der Waals surface area contributed by atoms with Gasteiger partial charge in [-0.25, -0.2) is 0 Å². The van der Waals surface area contributed by atoms with E-state index in [-0.39, 0.29) is 24.4 Å². The molecule has 4 atom stereocenters. The SMILES string of the molecule is C[Si](C)(C)COC(=S)NB[C@@H]1O[C@H](CO)[C@H](O)C1OC(=S)OC[Si](C)(C)C. The monoisotopic (exact) mass is 453 g/mol. The summed E-state index contributed by atoms with van der Waals surface area (Å²) in [6.45, 7) is 12.7. The summed E-state index contributed by atoms with van der Waals surface area (Å²) in [5.74, 6) is 0. The highest BCUT2D eigenvalue weighted by atomic mass is 32.1. The molecular weight excluding hydrogens is 421 g/mol. The molecule has 1 heterocycles. The van der Waals surface area contributed by atoms with Crippen molar-refractivity contribution in [1.29, 1.82) is 0 Å². The highest BCUT2D eigenvalue weighted by molar-refractivity contribution is 7.80. The van der Waals surface area contributed by atoms with Gasteiger partial charge in [0.25, 0.3) is 7.41 Å². The normalized spacial score (nSPS) is 25.6. The molecule has 0 amide bonds. The standard InChI is InChI=1S/C15H32BNO6S2Si2/c1-26(2,3)8-20-14(24)17-16-13-12(11(19)10(7-18)22-13)23-15(25)21-9-27(4,5)6/h10-13,16,18-19H,7-9H2,1-6H3,(H,17,24)/t10-,11+,12?,13-/m1/s1. The predicted octanol–water partition coefficient (Wildman–Crippen LogP) is 0.749. The molecule has 0 aromatic rings. The second-order valence-electron chi connectivity index (χ2n) is 9.09. The molecule has 7 nitrogen and oxygen atoms in total. The summed E-state index contributed by atoms with van der Waals surface area (Å²) in [4.78, 5) is 0. The van der Waals surface area contributed by atoms with E-state index in [4.69, 9.17) is 43.4 Å². The Morgan fingerprint density at radius 2 is 1.63 bits per heavy atom. The molecule has 1 fully saturated rings. The highest BCUT2D eigenvalue weighted by Gasteiger charge is 2.46. The molecule has 0 aliphatic carbocycles. The minimum atomic E-state index is -1.45. The molecule has 1 saturated heterocycles. The third kappa shape index (κ3) is 9.68. The molecule has 3 N–H and O–H groups in total. The van der Waals surface area contributed by atoms with Gasteiger partial charge in [0.15, 0.2) is 6.10 Å². The Morgan fingerprint density at radius 1 is 1.07 bits per heavy atom. The maximum atomic E-state index is 10.4. The van der Waals surface area contributed by atoms with Crippen molar-refractivity contribution in [3.8, 4) is 0 Å². The van der Waals surface area contributed by atoms with E-state index in [1.165, 1.54) is 0 Å². The fourth-order valence-electron chi connectivity index (χ4n) is 2.21. The first-order valence-electron chi connectivity index (χ1n) is 9.01. The molecular formula is C15H32BNO6S2Si2. The topological polar surface area (TPSA) is 89.4 Å². The van der Waals surface area contributed by atoms with E-state index in [1.807, 2.05) is 0 Å². The van der Waals surface area contributed by atoms with Gasteiger partial charge in [0.2, 0.25) is 5.17 Å². The van der Waals surface area contributed by atoms with Crippen molar-refractivity contribution in [3.63, 3.8) is 0 Å². The van der Waals surface area contributed by atoms with E-state index < -0.39 is 40.5 Å². The van der Waals surface area contributed by atoms with E-state index in [2.05, 4.69) is 44.5 Å². The lowest BCUT2D eigenvalue weighted by Gasteiger charge is -2.24. The van der Waals surface area contributed by atoms with Gasteiger partial charge in [0, 0.05) is 12.2 Å². The van der Waals surface area contributed by atoms with Crippen molar-refractivity contribution in [2.45, 2.75) is 63.6 Å². The van der Waals surface area contributed by atoms with E-state index in [0.29, 0.717) is 12.5 Å². The van der Waals surface area contributed by atoms with Crippen LogP contribution in [0.15, 0.2) is 0 Å². The lowest BCUT2D eigenvalue weighted by molar-refractivity contribution is -0.00977. The molecule has 1 unspecified atom stereocenters. The molecule has 0 radical (unpaired) electrons. The molecule has 1 aliphatic heterocycles. The summed E-state index contributed by atoms with van der Waals surface area (Å²) < 4.78 is 22.4. The Labute approximate surface area is 175 Å². The fraction of sp³-hybridized carbons (Fsp3) is 0.867. The van der Waals surface area contributed by atoms with Crippen LogP contribution in [0, 0.1) is 0 Å². The van der Waals surface area contributed by atoms with Gasteiger partial charge in [0.05, 0.1) is 41.2 Å². The molecule has 0 saturated carbocycles. The summed E-state index contributed by atoms with van der Waals surface area (Å²) in [5, 5.41) is 23.0. The first-order valence-corrected chi connectivity index (χ1v) is 17.2. The van der Waals surface area contributed by atoms with E-state index in [1.54, 1.807) is 0 Å². The number of hydrogen-bond donors (Lipinski definition) is 3. The summed E-state index contributed by atoms with van der Waals surface area (Å²) >= 11 is 10.3. The number of hydrogen-bond acceptors (Lipinski definition) is 8. The van der Waals surface area contributed by atoms with Crippen molar-refractivity contribution >= 4 is 58.4 Å². The predicted molar refractivity (Wildman–Crippen MR) is 121 cm³/mol. The Kier molecular flexibility index (Phi) is 9.65. The lowest BCUT2D eigenvalue weighted by Crippen LogP contribution is -2.46. The van der Waals surface area contributed by atoms with Crippen molar-refractivity contribution in [1.82, 2.24) is 5.23 Å². The quantitative estimate of drug-likeness (QED) is 0.364. The highest BCUT2D eigenvalue weighted by Crippen LogP contribution is 2.23. The zero-order valence-electron chi connectivity index (χ0n) is 17.0. The van der Waals surface area contributed by atoms with Crippen LogP contribution in [0.25, 0.3) is 0 Å². The third-order valence-corrected chi connectivity index (χ3v) is 6.05. The van der Waals surface area contributed by atoms with Crippen LogP contribution >= 0.6 is 24.4 Å². The summed E-state index contributed by atoms with van der Waals surface area (Å²) in [7, 11) is -2.57. The molecule has 27 heavy (non-hydrogen) atoms. The number of ether oxygens (including phenoxy) is 4. The third-order valence-electron chi connectivity index (χ3n) is 3.55. The van der Waals surface area contributed by atoms with Crippen LogP contribution in [0.4, 0.5) is 0 Å². The lowest BCUT2D eigenvalue weighted by atomic mass is 9.81. The number of thiocarbonyl (C=S) groups is 2. The van der Waals surface area contributed by atoms with E-state index in [9.17, 15) is 10.2 Å². The second-order valence-corrected chi connectivity index (χ2v) is 20.6. The molecule has 0 bridgehead atoms. The first-order chi connectivity index (χ1) is 12.3. The summed E-state index contributed by atoms with van der Waals surface area (Å²) in [6.07, 6.45) is -1.40. The van der Waals surface area contributed by atoms with Crippen molar-refractivity contribution < 1.29 is 29.2 Å². The molecule has 1 aliphatic rings. The zero-order chi connectivity index (χ0) is 20.8. The van der Waals surface area contributed by atoms with Gasteiger partial charge in [-0.15, -0.1) is 0 Å². The zero-order valence-corrected chi connectivity index (χ0v) is 20.6. The number of rotatable bonds is 8. The Morgan fingerprint density at radius 3 is 2.15 bits per heavy atom. The number of aliphatic hydroxyl groups is 2. The molecule has 0 spiro atoms. The molecule has 156 valence electrons. The van der Waals surface area contributed by atoms with Gasteiger partial charge in [-0.2, -0.15) is 0 Å². The fourth-order valence-corrected chi connectivity index (χ4v) is 3.88. The average Bonchev–Trinajstić information content (AvgIpc) is 2.83. The number of aliphatic hydroxyl groups excluding tert-OH is 2. The van der Waals surface area contributed by atoms with Gasteiger partial charge in [-0.1, -0.05) is 39.3 Å². The molecule has 0 aromatic carbocycles. The summed E-state index contributed by atoms with van der Waals surface area (Å²) in [5.41, 5.74) is 0. The minimum absolute atomic E-state index is 0.0220. The second kappa shape index (κ2) is 10.5. The van der Waals surface area contributed by atoms with Crippen LogP contribution in [0.2, 0.25) is 39.3 Å². The van der Waals surface area contributed by atoms with E-state index >= 15 is 0 Å². The Hall–Kier alpha value is -0.241. The maximum Gasteiger partial charge on any atom is 0.352 e. The Bertz CT molecular complexity index is 518. The van der Waals surface area contributed by atoms with Crippen molar-refractivity contribution in [3.05, 3.63) is 0 Å².